The highest BCUT2D eigenvalue weighted by Crippen LogP contribution is 2.31. The number of hydrogen-bond donors (Lipinski definition) is 5. The van der Waals surface area contributed by atoms with Gasteiger partial charge < -0.3 is 40.7 Å². The average molecular weight is 652 g/mol. The molecule has 3 aliphatic rings. The molecule has 2 aromatic rings. The molecule has 47 heavy (non-hydrogen) atoms. The van der Waals surface area contributed by atoms with Crippen LogP contribution in [-0.2, 0) is 30.4 Å². The molecule has 1 saturated heterocycles. The van der Waals surface area contributed by atoms with Crippen LogP contribution in [0.4, 0.5) is 0 Å². The summed E-state index contributed by atoms with van der Waals surface area (Å²) in [7, 11) is 0. The number of aliphatic hydroxyl groups is 1. The minimum atomic E-state index is -1.46. The maximum absolute atomic E-state index is 14.0. The summed E-state index contributed by atoms with van der Waals surface area (Å²) in [5.74, 6) is -1.86. The Labute approximate surface area is 274 Å². The Morgan fingerprint density at radius 2 is 1.53 bits per heavy atom. The normalized spacial score (nSPS) is 23.4. The van der Waals surface area contributed by atoms with Gasteiger partial charge in [-0.3, -0.25) is 24.0 Å². The Morgan fingerprint density at radius 1 is 0.894 bits per heavy atom. The summed E-state index contributed by atoms with van der Waals surface area (Å²) in [6.45, 7) is 7.24. The zero-order valence-electron chi connectivity index (χ0n) is 27.3. The van der Waals surface area contributed by atoms with Crippen molar-refractivity contribution in [1.29, 1.82) is 0 Å². The topological polar surface area (TPSA) is 175 Å². The molecule has 5 rings (SSSR count). The van der Waals surface area contributed by atoms with Gasteiger partial charge in [-0.2, -0.15) is 0 Å². The largest absolute Gasteiger partial charge is 0.492 e. The van der Waals surface area contributed by atoms with Gasteiger partial charge in [-0.05, 0) is 43.7 Å². The van der Waals surface area contributed by atoms with Crippen molar-refractivity contribution in [3.63, 3.8) is 0 Å². The standard InChI is InChI=1S/C34H45N5O8/c1-21(2)32(44)39-17-14-34(15-18-39)33(45)38-28(23(4)40)31(43)36-22(3)29(41)37-27(20-24-8-6-5-7-9-24)30(42)35-16-19-46-25-10-12-26(47-34)13-11-25/h5-13,21-23,27-28,40H,14-20H2,1-4H3,(H,35,42)(H,36,43)(H,37,41)(H,38,45)/t22-,23+,27-,28?/m0/s1. The van der Waals surface area contributed by atoms with Gasteiger partial charge in [0.15, 0.2) is 5.60 Å². The molecular formula is C34H45N5O8. The molecule has 1 spiro atoms. The van der Waals surface area contributed by atoms with E-state index in [1.54, 1.807) is 29.2 Å². The summed E-state index contributed by atoms with van der Waals surface area (Å²) < 4.78 is 12.1. The molecule has 0 aliphatic carbocycles. The van der Waals surface area contributed by atoms with Crippen molar-refractivity contribution in [2.24, 2.45) is 5.92 Å². The quantitative estimate of drug-likeness (QED) is 0.300. The fourth-order valence-electron chi connectivity index (χ4n) is 5.53. The first kappa shape index (κ1) is 35.2. The number of amides is 5. The first-order valence-electron chi connectivity index (χ1n) is 16.0. The molecule has 4 atom stereocenters. The molecule has 1 unspecified atom stereocenters. The van der Waals surface area contributed by atoms with Gasteiger partial charge in [-0.1, -0.05) is 44.2 Å². The number of fused-ring (bicyclic) bond motifs is 15. The molecule has 2 bridgehead atoms. The second-order valence-corrected chi connectivity index (χ2v) is 12.4. The van der Waals surface area contributed by atoms with E-state index in [-0.39, 0.29) is 57.3 Å². The number of likely N-dealkylation sites (tertiary alicyclic amines) is 1. The molecule has 5 N–H and O–H groups in total. The molecule has 1 fully saturated rings. The van der Waals surface area contributed by atoms with Crippen LogP contribution in [0.15, 0.2) is 54.6 Å². The van der Waals surface area contributed by atoms with Gasteiger partial charge in [0.25, 0.3) is 5.91 Å². The highest BCUT2D eigenvalue weighted by Gasteiger charge is 2.46. The van der Waals surface area contributed by atoms with Crippen LogP contribution in [0.2, 0.25) is 0 Å². The third-order valence-electron chi connectivity index (χ3n) is 8.32. The van der Waals surface area contributed by atoms with Gasteiger partial charge in [0.2, 0.25) is 23.6 Å². The van der Waals surface area contributed by atoms with Crippen molar-refractivity contribution >= 4 is 29.5 Å². The summed E-state index contributed by atoms with van der Waals surface area (Å²) in [5, 5.41) is 21.3. The van der Waals surface area contributed by atoms with E-state index in [0.29, 0.717) is 11.5 Å². The number of benzene rings is 2. The average Bonchev–Trinajstić information content (AvgIpc) is 3.05. The van der Waals surface area contributed by atoms with Gasteiger partial charge >= 0.3 is 0 Å². The highest BCUT2D eigenvalue weighted by atomic mass is 16.5. The maximum atomic E-state index is 14.0. The van der Waals surface area contributed by atoms with E-state index < -0.39 is 53.5 Å². The highest BCUT2D eigenvalue weighted by molar-refractivity contribution is 5.95. The summed E-state index contributed by atoms with van der Waals surface area (Å²) in [5.41, 5.74) is -0.634. The van der Waals surface area contributed by atoms with Gasteiger partial charge in [0.1, 0.15) is 36.2 Å². The second-order valence-electron chi connectivity index (χ2n) is 12.4. The monoisotopic (exact) mass is 651 g/mol. The molecule has 13 heteroatoms. The molecule has 5 amide bonds. The van der Waals surface area contributed by atoms with Crippen LogP contribution in [0.1, 0.15) is 46.1 Å². The number of aliphatic hydroxyl groups excluding tert-OH is 1. The Hall–Kier alpha value is -4.65. The van der Waals surface area contributed by atoms with Crippen LogP contribution in [0.5, 0.6) is 11.5 Å². The SMILES string of the molecule is CC(C)C(=O)N1CCC2(CC1)Oc1ccc(cc1)OCCNC(=O)[C@H](Cc1ccccc1)NC(=O)[C@H](C)NC(=O)C([C@@H](C)O)NC2=O. The van der Waals surface area contributed by atoms with E-state index in [2.05, 4.69) is 21.3 Å². The zero-order chi connectivity index (χ0) is 34.1. The number of nitrogens with one attached hydrogen (secondary N) is 4. The van der Waals surface area contributed by atoms with Crippen molar-refractivity contribution in [1.82, 2.24) is 26.2 Å². The molecular weight excluding hydrogens is 606 g/mol. The van der Waals surface area contributed by atoms with Gasteiger partial charge in [0, 0.05) is 38.3 Å². The lowest BCUT2D eigenvalue weighted by Crippen LogP contribution is -2.64. The van der Waals surface area contributed by atoms with Crippen molar-refractivity contribution in [3.8, 4) is 11.5 Å². The number of carbonyl (C=O) groups excluding carboxylic acids is 5. The van der Waals surface area contributed by atoms with Crippen LogP contribution < -0.4 is 30.7 Å². The fourth-order valence-corrected chi connectivity index (χ4v) is 5.53. The van der Waals surface area contributed by atoms with Crippen LogP contribution in [0.25, 0.3) is 0 Å². The van der Waals surface area contributed by atoms with E-state index >= 15 is 0 Å². The Morgan fingerprint density at radius 3 is 2.15 bits per heavy atom. The second kappa shape index (κ2) is 15.8. The first-order valence-corrected chi connectivity index (χ1v) is 16.0. The number of rotatable bonds is 4. The smallest absolute Gasteiger partial charge is 0.265 e. The van der Waals surface area contributed by atoms with Crippen molar-refractivity contribution in [3.05, 3.63) is 60.2 Å². The van der Waals surface area contributed by atoms with Crippen LogP contribution >= 0.6 is 0 Å². The number of nitrogens with zero attached hydrogens (tertiary/aromatic N) is 1. The molecule has 3 aliphatic heterocycles. The van der Waals surface area contributed by atoms with E-state index in [1.807, 2.05) is 44.2 Å². The summed E-state index contributed by atoms with van der Waals surface area (Å²) in [4.78, 5) is 68.1. The van der Waals surface area contributed by atoms with Crippen LogP contribution in [0, 0.1) is 5.92 Å². The third-order valence-corrected chi connectivity index (χ3v) is 8.32. The van der Waals surface area contributed by atoms with E-state index in [4.69, 9.17) is 9.47 Å². The molecule has 3 heterocycles. The number of piperidine rings is 1. The lowest BCUT2D eigenvalue weighted by molar-refractivity contribution is -0.150. The molecule has 0 radical (unpaired) electrons. The Kier molecular flexibility index (Phi) is 11.8. The predicted molar refractivity (Wildman–Crippen MR) is 172 cm³/mol. The summed E-state index contributed by atoms with van der Waals surface area (Å²) in [6.07, 6.45) is -0.841. The first-order chi connectivity index (χ1) is 22.4. The summed E-state index contributed by atoms with van der Waals surface area (Å²) >= 11 is 0. The van der Waals surface area contributed by atoms with Gasteiger partial charge in [-0.25, -0.2) is 0 Å². The Bertz CT molecular complexity index is 1410. The number of carbonyl (C=O) groups is 5. The predicted octanol–water partition coefficient (Wildman–Crippen LogP) is 0.689. The lowest BCUT2D eigenvalue weighted by Gasteiger charge is -2.41. The van der Waals surface area contributed by atoms with E-state index in [9.17, 15) is 29.1 Å². The minimum absolute atomic E-state index is 0.0376. The zero-order valence-corrected chi connectivity index (χ0v) is 27.3. The summed E-state index contributed by atoms with van der Waals surface area (Å²) in [6, 6.07) is 12.3. The number of ether oxygens (including phenoxy) is 2. The third kappa shape index (κ3) is 9.22. The Balaban J connectivity index is 1.61. The van der Waals surface area contributed by atoms with Crippen molar-refractivity contribution in [2.45, 2.75) is 76.8 Å². The molecule has 0 aromatic heterocycles. The fraction of sp³-hybridized carbons (Fsp3) is 0.500. The van der Waals surface area contributed by atoms with Gasteiger partial charge in [0.05, 0.1) is 12.6 Å². The lowest BCUT2D eigenvalue weighted by atomic mass is 9.88. The molecule has 2 aromatic carbocycles. The minimum Gasteiger partial charge on any atom is -0.492 e. The van der Waals surface area contributed by atoms with E-state index in [1.165, 1.54) is 13.8 Å². The number of hydrogen-bond acceptors (Lipinski definition) is 8. The molecule has 0 saturated carbocycles. The van der Waals surface area contributed by atoms with Crippen molar-refractivity contribution < 1.29 is 38.6 Å². The maximum Gasteiger partial charge on any atom is 0.265 e. The van der Waals surface area contributed by atoms with Crippen LogP contribution in [-0.4, -0.2) is 95.6 Å². The van der Waals surface area contributed by atoms with Crippen LogP contribution in [0.3, 0.4) is 0 Å². The van der Waals surface area contributed by atoms with Crippen molar-refractivity contribution in [2.75, 3.05) is 26.2 Å². The molecule has 254 valence electrons. The van der Waals surface area contributed by atoms with Gasteiger partial charge in [-0.15, -0.1) is 0 Å². The molecule has 13 nitrogen and oxygen atoms in total. The van der Waals surface area contributed by atoms with E-state index in [0.717, 1.165) is 5.56 Å².